The SMILES string of the molecule is COc1cccc(C(=O)NN=Cc2c(OC(=O)c3ccc(OC)c(OC)c3)ccc3ccccc23)c1. The molecule has 0 spiro atoms. The molecule has 0 atom stereocenters. The molecule has 8 heteroatoms. The van der Waals surface area contributed by atoms with Gasteiger partial charge in [0, 0.05) is 11.1 Å². The van der Waals surface area contributed by atoms with Gasteiger partial charge in [-0.3, -0.25) is 4.79 Å². The van der Waals surface area contributed by atoms with Crippen LogP contribution in [0.25, 0.3) is 10.8 Å². The number of amides is 1. The first-order chi connectivity index (χ1) is 17.5. The molecule has 0 heterocycles. The summed E-state index contributed by atoms with van der Waals surface area (Å²) in [5, 5.41) is 5.84. The monoisotopic (exact) mass is 484 g/mol. The van der Waals surface area contributed by atoms with Gasteiger partial charge < -0.3 is 18.9 Å². The molecule has 0 saturated carbocycles. The van der Waals surface area contributed by atoms with E-state index < -0.39 is 11.9 Å². The molecule has 0 radical (unpaired) electrons. The second-order valence-corrected chi connectivity index (χ2v) is 7.59. The highest BCUT2D eigenvalue weighted by Crippen LogP contribution is 2.30. The Morgan fingerprint density at radius 3 is 2.31 bits per heavy atom. The zero-order chi connectivity index (χ0) is 25.5. The van der Waals surface area contributed by atoms with Crippen LogP contribution in [0.3, 0.4) is 0 Å². The van der Waals surface area contributed by atoms with Gasteiger partial charge in [0.05, 0.1) is 33.1 Å². The van der Waals surface area contributed by atoms with E-state index >= 15 is 0 Å². The van der Waals surface area contributed by atoms with Crippen molar-refractivity contribution in [2.75, 3.05) is 21.3 Å². The van der Waals surface area contributed by atoms with Gasteiger partial charge in [0.2, 0.25) is 0 Å². The summed E-state index contributed by atoms with van der Waals surface area (Å²) in [7, 11) is 4.54. The average Bonchev–Trinajstić information content (AvgIpc) is 2.93. The van der Waals surface area contributed by atoms with Crippen molar-refractivity contribution in [3.8, 4) is 23.0 Å². The normalized spacial score (nSPS) is 10.8. The molecule has 0 saturated heterocycles. The van der Waals surface area contributed by atoms with Gasteiger partial charge >= 0.3 is 5.97 Å². The highest BCUT2D eigenvalue weighted by molar-refractivity contribution is 6.04. The Labute approximate surface area is 208 Å². The predicted octanol–water partition coefficient (Wildman–Crippen LogP) is 4.85. The van der Waals surface area contributed by atoms with E-state index in [0.29, 0.717) is 28.4 Å². The minimum absolute atomic E-state index is 0.285. The number of hydrazone groups is 1. The van der Waals surface area contributed by atoms with Crippen LogP contribution in [-0.4, -0.2) is 39.4 Å². The summed E-state index contributed by atoms with van der Waals surface area (Å²) in [6, 6.07) is 22.6. The molecule has 1 N–H and O–H groups in total. The van der Waals surface area contributed by atoms with Gasteiger partial charge in [-0.1, -0.05) is 36.4 Å². The zero-order valence-electron chi connectivity index (χ0n) is 20.0. The van der Waals surface area contributed by atoms with Gasteiger partial charge in [0.25, 0.3) is 5.91 Å². The van der Waals surface area contributed by atoms with E-state index in [0.717, 1.165) is 10.8 Å². The highest BCUT2D eigenvalue weighted by atomic mass is 16.5. The maximum absolute atomic E-state index is 13.0. The molecular weight excluding hydrogens is 460 g/mol. The summed E-state index contributed by atoms with van der Waals surface area (Å²) in [5.74, 6) is 0.764. The molecule has 36 heavy (non-hydrogen) atoms. The molecule has 0 aliphatic rings. The molecule has 4 aromatic rings. The van der Waals surface area contributed by atoms with Gasteiger partial charge in [-0.2, -0.15) is 5.10 Å². The molecule has 0 bridgehead atoms. The number of carbonyl (C=O) groups excluding carboxylic acids is 2. The largest absolute Gasteiger partial charge is 0.497 e. The third kappa shape index (κ3) is 5.28. The first-order valence-corrected chi connectivity index (χ1v) is 11.0. The maximum Gasteiger partial charge on any atom is 0.343 e. The fourth-order valence-corrected chi connectivity index (χ4v) is 3.60. The standard InChI is InChI=1S/C28H24N2O6/c1-33-21-9-6-8-19(15-21)27(31)30-29-17-23-22-10-5-4-7-18(22)11-13-24(23)36-28(32)20-12-14-25(34-2)26(16-20)35-3/h4-17H,1-3H3,(H,30,31). The van der Waals surface area contributed by atoms with Gasteiger partial charge in [-0.25, -0.2) is 10.2 Å². The van der Waals surface area contributed by atoms with E-state index in [1.165, 1.54) is 27.5 Å². The van der Waals surface area contributed by atoms with Crippen molar-refractivity contribution >= 4 is 28.9 Å². The van der Waals surface area contributed by atoms with Gasteiger partial charge in [0.15, 0.2) is 11.5 Å². The number of fused-ring (bicyclic) bond motifs is 1. The topological polar surface area (TPSA) is 95.5 Å². The third-order valence-electron chi connectivity index (χ3n) is 5.44. The number of esters is 1. The number of hydrogen-bond acceptors (Lipinski definition) is 7. The number of rotatable bonds is 8. The van der Waals surface area contributed by atoms with E-state index in [1.807, 2.05) is 30.3 Å². The Bertz CT molecular complexity index is 1450. The van der Waals surface area contributed by atoms with E-state index in [-0.39, 0.29) is 11.3 Å². The second-order valence-electron chi connectivity index (χ2n) is 7.59. The first kappa shape index (κ1) is 24.3. The van der Waals surface area contributed by atoms with Gasteiger partial charge in [0.1, 0.15) is 11.5 Å². The van der Waals surface area contributed by atoms with E-state index in [4.69, 9.17) is 18.9 Å². The van der Waals surface area contributed by atoms with Crippen molar-refractivity contribution in [3.05, 3.63) is 95.6 Å². The average molecular weight is 485 g/mol. The Hall–Kier alpha value is -4.85. The minimum Gasteiger partial charge on any atom is -0.497 e. The summed E-state index contributed by atoms with van der Waals surface area (Å²) < 4.78 is 21.4. The van der Waals surface area contributed by atoms with Crippen LogP contribution in [0.1, 0.15) is 26.3 Å². The van der Waals surface area contributed by atoms with Crippen LogP contribution in [-0.2, 0) is 0 Å². The Kier molecular flexibility index (Phi) is 7.45. The minimum atomic E-state index is -0.582. The smallest absolute Gasteiger partial charge is 0.343 e. The maximum atomic E-state index is 13.0. The number of methoxy groups -OCH3 is 3. The Morgan fingerprint density at radius 1 is 0.750 bits per heavy atom. The number of benzene rings is 4. The third-order valence-corrected chi connectivity index (χ3v) is 5.44. The summed E-state index contributed by atoms with van der Waals surface area (Å²) in [6.07, 6.45) is 1.46. The van der Waals surface area contributed by atoms with Crippen LogP contribution in [0.15, 0.2) is 84.0 Å². The lowest BCUT2D eigenvalue weighted by Gasteiger charge is -2.12. The lowest BCUT2D eigenvalue weighted by molar-refractivity contribution is 0.0734. The number of carbonyl (C=O) groups is 2. The summed E-state index contributed by atoms with van der Waals surface area (Å²) in [5.41, 5.74) is 3.72. The van der Waals surface area contributed by atoms with E-state index in [1.54, 1.807) is 48.5 Å². The predicted molar refractivity (Wildman–Crippen MR) is 137 cm³/mol. The van der Waals surface area contributed by atoms with Crippen LogP contribution in [0, 0.1) is 0 Å². The fourth-order valence-electron chi connectivity index (χ4n) is 3.60. The quantitative estimate of drug-likeness (QED) is 0.166. The van der Waals surface area contributed by atoms with Crippen molar-refractivity contribution in [3.63, 3.8) is 0 Å². The molecule has 8 nitrogen and oxygen atoms in total. The molecule has 0 aliphatic carbocycles. The van der Waals surface area contributed by atoms with E-state index in [9.17, 15) is 9.59 Å². The summed E-state index contributed by atoms with van der Waals surface area (Å²) in [6.45, 7) is 0. The molecule has 0 aromatic heterocycles. The molecule has 182 valence electrons. The molecule has 1 amide bonds. The molecule has 0 fully saturated rings. The van der Waals surface area contributed by atoms with Crippen molar-refractivity contribution < 1.29 is 28.5 Å². The lowest BCUT2D eigenvalue weighted by Crippen LogP contribution is -2.17. The van der Waals surface area contributed by atoms with Crippen molar-refractivity contribution in [1.29, 1.82) is 0 Å². The second kappa shape index (κ2) is 11.1. The van der Waals surface area contributed by atoms with Crippen molar-refractivity contribution in [1.82, 2.24) is 5.43 Å². The lowest BCUT2D eigenvalue weighted by atomic mass is 10.0. The number of nitrogens with zero attached hydrogens (tertiary/aromatic N) is 1. The van der Waals surface area contributed by atoms with Crippen LogP contribution < -0.4 is 24.4 Å². The highest BCUT2D eigenvalue weighted by Gasteiger charge is 2.16. The molecule has 0 unspecified atom stereocenters. The summed E-state index contributed by atoms with van der Waals surface area (Å²) >= 11 is 0. The molecule has 4 rings (SSSR count). The number of ether oxygens (including phenoxy) is 4. The van der Waals surface area contributed by atoms with E-state index in [2.05, 4.69) is 10.5 Å². The van der Waals surface area contributed by atoms with Gasteiger partial charge in [-0.15, -0.1) is 0 Å². The Morgan fingerprint density at radius 2 is 1.53 bits per heavy atom. The van der Waals surface area contributed by atoms with Crippen LogP contribution in [0.5, 0.6) is 23.0 Å². The van der Waals surface area contributed by atoms with Crippen LogP contribution in [0.2, 0.25) is 0 Å². The van der Waals surface area contributed by atoms with Crippen LogP contribution >= 0.6 is 0 Å². The molecule has 4 aromatic carbocycles. The number of nitrogens with one attached hydrogen (secondary N) is 1. The first-order valence-electron chi connectivity index (χ1n) is 11.0. The molecule has 0 aliphatic heterocycles. The van der Waals surface area contributed by atoms with Gasteiger partial charge in [-0.05, 0) is 53.2 Å². The Balaban J connectivity index is 1.62. The summed E-state index contributed by atoms with van der Waals surface area (Å²) in [4.78, 5) is 25.5. The fraction of sp³-hybridized carbons (Fsp3) is 0.107. The van der Waals surface area contributed by atoms with Crippen LogP contribution in [0.4, 0.5) is 0 Å². The van der Waals surface area contributed by atoms with Crippen molar-refractivity contribution in [2.45, 2.75) is 0 Å². The molecular formula is C28H24N2O6. The number of hydrogen-bond donors (Lipinski definition) is 1. The zero-order valence-corrected chi connectivity index (χ0v) is 20.0. The van der Waals surface area contributed by atoms with Crippen molar-refractivity contribution in [2.24, 2.45) is 5.10 Å².